The molecule has 0 N–H and O–H groups in total. The van der Waals surface area contributed by atoms with Crippen molar-refractivity contribution in [3.63, 3.8) is 0 Å². The molecule has 0 aromatic heterocycles. The fourth-order valence-electron chi connectivity index (χ4n) is 3.11. The summed E-state index contributed by atoms with van der Waals surface area (Å²) >= 11 is 0. The average molecular weight is 278 g/mol. The Morgan fingerprint density at radius 3 is 2.19 bits per heavy atom. The molecule has 0 radical (unpaired) electrons. The molecular formula is C19H18O2. The van der Waals surface area contributed by atoms with Crippen LogP contribution in [-0.2, 0) is 4.79 Å². The molecular weight excluding hydrogens is 260 g/mol. The molecule has 2 atom stereocenters. The molecule has 2 unspecified atom stereocenters. The van der Waals surface area contributed by atoms with Gasteiger partial charge in [0.05, 0.1) is 5.92 Å². The van der Waals surface area contributed by atoms with Crippen molar-refractivity contribution in [1.82, 2.24) is 0 Å². The van der Waals surface area contributed by atoms with E-state index >= 15 is 0 Å². The maximum absolute atomic E-state index is 12.6. The van der Waals surface area contributed by atoms with Gasteiger partial charge in [-0.1, -0.05) is 60.7 Å². The van der Waals surface area contributed by atoms with Crippen molar-refractivity contribution >= 4 is 11.6 Å². The van der Waals surface area contributed by atoms with E-state index in [0.29, 0.717) is 24.3 Å². The van der Waals surface area contributed by atoms with Gasteiger partial charge in [0.2, 0.25) is 0 Å². The summed E-state index contributed by atoms with van der Waals surface area (Å²) in [7, 11) is 0. The molecule has 0 spiro atoms. The van der Waals surface area contributed by atoms with Crippen LogP contribution in [0.25, 0.3) is 0 Å². The number of hydrogen-bond donors (Lipinski definition) is 0. The highest BCUT2D eigenvalue weighted by atomic mass is 16.1. The van der Waals surface area contributed by atoms with Crippen LogP contribution in [0.2, 0.25) is 0 Å². The van der Waals surface area contributed by atoms with E-state index in [0.717, 1.165) is 6.42 Å². The number of rotatable bonds is 3. The van der Waals surface area contributed by atoms with Crippen LogP contribution < -0.4 is 0 Å². The fraction of sp³-hybridized carbons (Fsp3) is 0.263. The molecule has 0 saturated heterocycles. The van der Waals surface area contributed by atoms with Crippen LogP contribution in [0, 0.1) is 5.92 Å². The minimum Gasteiger partial charge on any atom is -0.299 e. The summed E-state index contributed by atoms with van der Waals surface area (Å²) in [6.45, 7) is 0. The Morgan fingerprint density at radius 2 is 1.52 bits per heavy atom. The number of Topliss-reactive ketones (excluding diaryl/α,β-unsaturated/α-hetero) is 2. The van der Waals surface area contributed by atoms with Crippen molar-refractivity contribution in [3.05, 3.63) is 71.8 Å². The van der Waals surface area contributed by atoms with Crippen LogP contribution in [0.3, 0.4) is 0 Å². The molecule has 3 rings (SSSR count). The number of carbonyl (C=O) groups is 2. The third kappa shape index (κ3) is 2.94. The van der Waals surface area contributed by atoms with Gasteiger partial charge in [0.15, 0.2) is 5.78 Å². The Hall–Kier alpha value is -2.22. The zero-order chi connectivity index (χ0) is 14.7. The first-order chi connectivity index (χ1) is 10.3. The monoisotopic (exact) mass is 278 g/mol. The molecule has 0 heterocycles. The summed E-state index contributed by atoms with van der Waals surface area (Å²) in [5.74, 6) is -0.106. The first-order valence-electron chi connectivity index (χ1n) is 7.42. The zero-order valence-electron chi connectivity index (χ0n) is 11.9. The van der Waals surface area contributed by atoms with Crippen molar-refractivity contribution in [1.29, 1.82) is 0 Å². The van der Waals surface area contributed by atoms with Crippen LogP contribution in [0.5, 0.6) is 0 Å². The second-order valence-electron chi connectivity index (χ2n) is 5.63. The molecule has 2 heteroatoms. The van der Waals surface area contributed by atoms with Gasteiger partial charge in [0.1, 0.15) is 5.78 Å². The molecule has 0 bridgehead atoms. The molecule has 106 valence electrons. The summed E-state index contributed by atoms with van der Waals surface area (Å²) in [5.41, 5.74) is 1.88. The van der Waals surface area contributed by atoms with Gasteiger partial charge in [-0.05, 0) is 24.3 Å². The second-order valence-corrected chi connectivity index (χ2v) is 5.63. The smallest absolute Gasteiger partial charge is 0.173 e. The van der Waals surface area contributed by atoms with Crippen LogP contribution >= 0.6 is 0 Å². The van der Waals surface area contributed by atoms with E-state index in [1.165, 1.54) is 5.56 Å². The summed E-state index contributed by atoms with van der Waals surface area (Å²) in [6, 6.07) is 19.3. The van der Waals surface area contributed by atoms with Gasteiger partial charge in [-0.3, -0.25) is 9.59 Å². The van der Waals surface area contributed by atoms with E-state index in [1.807, 2.05) is 36.4 Å². The Morgan fingerprint density at radius 1 is 0.905 bits per heavy atom. The summed E-state index contributed by atoms with van der Waals surface area (Å²) < 4.78 is 0. The third-order valence-electron chi connectivity index (χ3n) is 4.29. The minimum absolute atomic E-state index is 0.0266. The van der Waals surface area contributed by atoms with Crippen molar-refractivity contribution in [2.24, 2.45) is 5.92 Å². The highest BCUT2D eigenvalue weighted by Gasteiger charge is 2.34. The van der Waals surface area contributed by atoms with Crippen molar-refractivity contribution in [2.75, 3.05) is 0 Å². The van der Waals surface area contributed by atoms with E-state index in [-0.39, 0.29) is 11.6 Å². The molecule has 2 aromatic carbocycles. The highest BCUT2D eigenvalue weighted by Crippen LogP contribution is 2.35. The van der Waals surface area contributed by atoms with Crippen molar-refractivity contribution in [2.45, 2.75) is 25.2 Å². The number of ketones is 2. The Balaban J connectivity index is 1.81. The van der Waals surface area contributed by atoms with Crippen LogP contribution in [0.1, 0.15) is 41.1 Å². The lowest BCUT2D eigenvalue weighted by Gasteiger charge is -2.27. The maximum Gasteiger partial charge on any atom is 0.173 e. The largest absolute Gasteiger partial charge is 0.299 e. The molecule has 1 fully saturated rings. The standard InChI is InChI=1S/C19H18O2/c20-18-12-11-16(14-7-3-1-4-8-14)13-17(18)19(21)15-9-5-2-6-10-15/h1-10,16-17H,11-13H2. The van der Waals surface area contributed by atoms with Crippen molar-refractivity contribution in [3.8, 4) is 0 Å². The number of hydrogen-bond acceptors (Lipinski definition) is 2. The fourth-order valence-corrected chi connectivity index (χ4v) is 3.11. The zero-order valence-corrected chi connectivity index (χ0v) is 11.9. The summed E-state index contributed by atoms with van der Waals surface area (Å²) in [6.07, 6.45) is 1.99. The van der Waals surface area contributed by atoms with Gasteiger partial charge < -0.3 is 0 Å². The molecule has 1 aliphatic rings. The molecule has 1 saturated carbocycles. The topological polar surface area (TPSA) is 34.1 Å². The van der Waals surface area contributed by atoms with Gasteiger partial charge >= 0.3 is 0 Å². The lowest BCUT2D eigenvalue weighted by Crippen LogP contribution is -2.30. The average Bonchev–Trinajstić information content (AvgIpc) is 2.56. The first-order valence-corrected chi connectivity index (χ1v) is 7.42. The van der Waals surface area contributed by atoms with E-state index in [4.69, 9.17) is 0 Å². The predicted octanol–water partition coefficient (Wildman–Crippen LogP) is 4.02. The van der Waals surface area contributed by atoms with Crippen LogP contribution in [0.15, 0.2) is 60.7 Å². The van der Waals surface area contributed by atoms with Crippen LogP contribution in [0.4, 0.5) is 0 Å². The normalized spacial score (nSPS) is 22.0. The van der Waals surface area contributed by atoms with Gasteiger partial charge in [0, 0.05) is 12.0 Å². The molecule has 21 heavy (non-hydrogen) atoms. The van der Waals surface area contributed by atoms with Crippen LogP contribution in [-0.4, -0.2) is 11.6 Å². The Labute approximate surface area is 124 Å². The third-order valence-corrected chi connectivity index (χ3v) is 4.29. The van der Waals surface area contributed by atoms with Gasteiger partial charge in [0.25, 0.3) is 0 Å². The van der Waals surface area contributed by atoms with E-state index in [9.17, 15) is 9.59 Å². The van der Waals surface area contributed by atoms with Gasteiger partial charge in [-0.25, -0.2) is 0 Å². The van der Waals surface area contributed by atoms with Gasteiger partial charge in [-0.15, -0.1) is 0 Å². The highest BCUT2D eigenvalue weighted by molar-refractivity contribution is 6.11. The van der Waals surface area contributed by atoms with Crippen molar-refractivity contribution < 1.29 is 9.59 Å². The van der Waals surface area contributed by atoms with E-state index < -0.39 is 5.92 Å². The van der Waals surface area contributed by atoms with Gasteiger partial charge in [-0.2, -0.15) is 0 Å². The SMILES string of the molecule is O=C1CCC(c2ccccc2)CC1C(=O)c1ccccc1. The number of benzene rings is 2. The Kier molecular flexibility index (Phi) is 3.96. The maximum atomic E-state index is 12.6. The van der Waals surface area contributed by atoms with E-state index in [2.05, 4.69) is 12.1 Å². The molecule has 2 aromatic rings. The molecule has 0 aliphatic heterocycles. The number of carbonyl (C=O) groups excluding carboxylic acids is 2. The predicted molar refractivity (Wildman–Crippen MR) is 82.3 cm³/mol. The molecule has 0 amide bonds. The van der Waals surface area contributed by atoms with E-state index in [1.54, 1.807) is 12.1 Å². The second kappa shape index (κ2) is 6.04. The quantitative estimate of drug-likeness (QED) is 0.627. The molecule has 1 aliphatic carbocycles. The summed E-state index contributed by atoms with van der Waals surface area (Å²) in [5, 5.41) is 0. The Bertz CT molecular complexity index is 631. The lowest BCUT2D eigenvalue weighted by atomic mass is 9.74. The minimum atomic E-state index is -0.480. The first kappa shape index (κ1) is 13.7. The lowest BCUT2D eigenvalue weighted by molar-refractivity contribution is -0.123. The summed E-state index contributed by atoms with van der Waals surface area (Å²) in [4.78, 5) is 24.7. The molecule has 2 nitrogen and oxygen atoms in total.